The SMILES string of the molecule is C=C(C)CN(CC)C(=O)CN1CCN[C@H](C)C1. The predicted octanol–water partition coefficient (Wildman–Crippen LogP) is 0.705. The van der Waals surface area contributed by atoms with Gasteiger partial charge in [0.1, 0.15) is 0 Å². The lowest BCUT2D eigenvalue weighted by atomic mass is 10.2. The third-order valence-electron chi connectivity index (χ3n) is 3.01. The minimum Gasteiger partial charge on any atom is -0.338 e. The van der Waals surface area contributed by atoms with E-state index < -0.39 is 0 Å². The van der Waals surface area contributed by atoms with Crippen LogP contribution in [0.5, 0.6) is 0 Å². The molecule has 4 heteroatoms. The van der Waals surface area contributed by atoms with Crippen molar-refractivity contribution in [3.63, 3.8) is 0 Å². The van der Waals surface area contributed by atoms with Gasteiger partial charge in [0.05, 0.1) is 6.54 Å². The second-order valence-electron chi connectivity index (χ2n) is 4.96. The fraction of sp³-hybridized carbons (Fsp3) is 0.769. The lowest BCUT2D eigenvalue weighted by Gasteiger charge is -2.33. The van der Waals surface area contributed by atoms with Crippen LogP contribution >= 0.6 is 0 Å². The van der Waals surface area contributed by atoms with Gasteiger partial charge in [0.2, 0.25) is 5.91 Å². The molecule has 0 aliphatic carbocycles. The highest BCUT2D eigenvalue weighted by Crippen LogP contribution is 2.02. The van der Waals surface area contributed by atoms with Gasteiger partial charge in [-0.25, -0.2) is 0 Å². The Labute approximate surface area is 105 Å². The Bertz CT molecular complexity index is 278. The van der Waals surface area contributed by atoms with Crippen molar-refractivity contribution in [3.05, 3.63) is 12.2 Å². The average Bonchev–Trinajstić information content (AvgIpc) is 2.25. The first kappa shape index (κ1) is 14.2. The number of likely N-dealkylation sites (N-methyl/N-ethyl adjacent to an activating group) is 1. The molecule has 0 spiro atoms. The molecule has 1 aliphatic rings. The van der Waals surface area contributed by atoms with Gasteiger partial charge in [0.25, 0.3) is 0 Å². The molecule has 1 fully saturated rings. The minimum absolute atomic E-state index is 0.213. The molecule has 1 heterocycles. The Morgan fingerprint density at radius 1 is 1.59 bits per heavy atom. The fourth-order valence-electron chi connectivity index (χ4n) is 2.15. The summed E-state index contributed by atoms with van der Waals surface area (Å²) in [4.78, 5) is 16.2. The Balaban J connectivity index is 2.43. The van der Waals surface area contributed by atoms with Crippen LogP contribution in [0, 0.1) is 0 Å². The van der Waals surface area contributed by atoms with Gasteiger partial charge in [-0.2, -0.15) is 0 Å². The first-order valence-corrected chi connectivity index (χ1v) is 6.40. The summed E-state index contributed by atoms with van der Waals surface area (Å²) >= 11 is 0. The number of rotatable bonds is 5. The van der Waals surface area contributed by atoms with Crippen molar-refractivity contribution in [1.29, 1.82) is 0 Å². The van der Waals surface area contributed by atoms with Crippen LogP contribution in [0.15, 0.2) is 12.2 Å². The Hall–Kier alpha value is -0.870. The molecule has 0 aromatic heterocycles. The normalized spacial score (nSPS) is 21.2. The predicted molar refractivity (Wildman–Crippen MR) is 71.0 cm³/mol. The molecule has 0 aromatic rings. The topological polar surface area (TPSA) is 35.6 Å². The lowest BCUT2D eigenvalue weighted by Crippen LogP contribution is -2.52. The fourth-order valence-corrected chi connectivity index (χ4v) is 2.15. The van der Waals surface area contributed by atoms with E-state index in [-0.39, 0.29) is 5.91 Å². The van der Waals surface area contributed by atoms with Crippen molar-refractivity contribution in [2.75, 3.05) is 39.3 Å². The van der Waals surface area contributed by atoms with Crippen molar-refractivity contribution in [2.24, 2.45) is 0 Å². The summed E-state index contributed by atoms with van der Waals surface area (Å²) in [5.74, 6) is 0.213. The smallest absolute Gasteiger partial charge is 0.237 e. The van der Waals surface area contributed by atoms with Crippen LogP contribution < -0.4 is 5.32 Å². The number of hydrogen-bond acceptors (Lipinski definition) is 3. The number of nitrogens with zero attached hydrogens (tertiary/aromatic N) is 2. The van der Waals surface area contributed by atoms with Crippen LogP contribution in [0.25, 0.3) is 0 Å². The van der Waals surface area contributed by atoms with Crippen LogP contribution in [-0.4, -0.2) is 61.0 Å². The van der Waals surface area contributed by atoms with Gasteiger partial charge >= 0.3 is 0 Å². The molecule has 1 N–H and O–H groups in total. The molecule has 4 nitrogen and oxygen atoms in total. The maximum Gasteiger partial charge on any atom is 0.237 e. The molecule has 1 saturated heterocycles. The monoisotopic (exact) mass is 239 g/mol. The van der Waals surface area contributed by atoms with E-state index in [0.29, 0.717) is 19.1 Å². The van der Waals surface area contributed by atoms with Crippen LogP contribution in [0.2, 0.25) is 0 Å². The van der Waals surface area contributed by atoms with Crippen molar-refractivity contribution in [1.82, 2.24) is 15.1 Å². The largest absolute Gasteiger partial charge is 0.338 e. The maximum absolute atomic E-state index is 12.1. The highest BCUT2D eigenvalue weighted by atomic mass is 16.2. The number of piperazine rings is 1. The highest BCUT2D eigenvalue weighted by Gasteiger charge is 2.20. The van der Waals surface area contributed by atoms with Gasteiger partial charge in [0.15, 0.2) is 0 Å². The van der Waals surface area contributed by atoms with Crippen molar-refractivity contribution < 1.29 is 4.79 Å². The Kier molecular flexibility index (Phi) is 5.65. The molecular weight excluding hydrogens is 214 g/mol. The zero-order valence-electron chi connectivity index (χ0n) is 11.3. The minimum atomic E-state index is 0.213. The van der Waals surface area contributed by atoms with E-state index in [1.54, 1.807) is 0 Å². The van der Waals surface area contributed by atoms with Gasteiger partial charge in [0, 0.05) is 38.8 Å². The average molecular weight is 239 g/mol. The maximum atomic E-state index is 12.1. The zero-order valence-corrected chi connectivity index (χ0v) is 11.3. The van der Waals surface area contributed by atoms with Crippen LogP contribution in [0.1, 0.15) is 20.8 Å². The molecular formula is C13H25N3O. The van der Waals surface area contributed by atoms with E-state index in [9.17, 15) is 4.79 Å². The molecule has 1 rings (SSSR count). The summed E-state index contributed by atoms with van der Waals surface area (Å²) in [5, 5.41) is 3.38. The molecule has 1 aliphatic heterocycles. The molecule has 0 aromatic carbocycles. The molecule has 1 atom stereocenters. The van der Waals surface area contributed by atoms with Crippen LogP contribution in [-0.2, 0) is 4.79 Å². The van der Waals surface area contributed by atoms with Gasteiger partial charge in [-0.05, 0) is 20.8 Å². The zero-order chi connectivity index (χ0) is 12.8. The second-order valence-corrected chi connectivity index (χ2v) is 4.96. The van der Waals surface area contributed by atoms with E-state index in [0.717, 1.165) is 31.8 Å². The van der Waals surface area contributed by atoms with Crippen molar-refractivity contribution in [2.45, 2.75) is 26.8 Å². The number of amides is 1. The third-order valence-corrected chi connectivity index (χ3v) is 3.01. The van der Waals surface area contributed by atoms with E-state index in [1.807, 2.05) is 18.7 Å². The number of hydrogen-bond donors (Lipinski definition) is 1. The van der Waals surface area contributed by atoms with Gasteiger partial charge in [-0.15, -0.1) is 0 Å². The molecule has 0 radical (unpaired) electrons. The second kappa shape index (κ2) is 6.77. The first-order chi connectivity index (χ1) is 8.02. The van der Waals surface area contributed by atoms with E-state index in [2.05, 4.69) is 23.7 Å². The van der Waals surface area contributed by atoms with Gasteiger partial charge < -0.3 is 10.2 Å². The summed E-state index contributed by atoms with van der Waals surface area (Å²) in [7, 11) is 0. The van der Waals surface area contributed by atoms with E-state index in [1.165, 1.54) is 0 Å². The third kappa shape index (κ3) is 4.88. The summed E-state index contributed by atoms with van der Waals surface area (Å²) < 4.78 is 0. The summed E-state index contributed by atoms with van der Waals surface area (Å²) in [6.07, 6.45) is 0. The molecule has 0 unspecified atom stereocenters. The molecule has 17 heavy (non-hydrogen) atoms. The Morgan fingerprint density at radius 3 is 2.82 bits per heavy atom. The number of carbonyl (C=O) groups is 1. The summed E-state index contributed by atoms with van der Waals surface area (Å²) in [5.41, 5.74) is 1.04. The Morgan fingerprint density at radius 2 is 2.29 bits per heavy atom. The van der Waals surface area contributed by atoms with Gasteiger partial charge in [-0.1, -0.05) is 12.2 Å². The molecule has 0 saturated carbocycles. The highest BCUT2D eigenvalue weighted by molar-refractivity contribution is 5.78. The standard InChI is InChI=1S/C13H25N3O/c1-5-16(8-11(2)3)13(17)10-15-7-6-14-12(4)9-15/h12,14H,2,5-10H2,1,3-4H3/t12-/m1/s1. The van der Waals surface area contributed by atoms with E-state index >= 15 is 0 Å². The molecule has 1 amide bonds. The van der Waals surface area contributed by atoms with Crippen molar-refractivity contribution in [3.8, 4) is 0 Å². The van der Waals surface area contributed by atoms with E-state index in [4.69, 9.17) is 0 Å². The lowest BCUT2D eigenvalue weighted by molar-refractivity contribution is -0.132. The molecule has 98 valence electrons. The number of nitrogens with one attached hydrogen (secondary N) is 1. The van der Waals surface area contributed by atoms with Crippen LogP contribution in [0.3, 0.4) is 0 Å². The van der Waals surface area contributed by atoms with Crippen LogP contribution in [0.4, 0.5) is 0 Å². The summed E-state index contributed by atoms with van der Waals surface area (Å²) in [6, 6.07) is 0.479. The van der Waals surface area contributed by atoms with Gasteiger partial charge in [-0.3, -0.25) is 9.69 Å². The quantitative estimate of drug-likeness (QED) is 0.718. The first-order valence-electron chi connectivity index (χ1n) is 6.40. The van der Waals surface area contributed by atoms with Crippen molar-refractivity contribution >= 4 is 5.91 Å². The number of carbonyl (C=O) groups excluding carboxylic acids is 1. The molecule has 0 bridgehead atoms. The summed E-state index contributed by atoms with van der Waals surface area (Å²) in [6.45, 7) is 14.9.